The number of hydrogen-bond donors (Lipinski definition) is 2. The number of rotatable bonds is 3. The normalized spacial score (nSPS) is 17.8. The van der Waals surface area contributed by atoms with Crippen molar-refractivity contribution < 1.29 is 4.79 Å². The second kappa shape index (κ2) is 6.08. The Morgan fingerprint density at radius 3 is 2.65 bits per heavy atom. The van der Waals surface area contributed by atoms with Gasteiger partial charge in [0.15, 0.2) is 5.16 Å². The molecule has 0 bridgehead atoms. The van der Waals surface area contributed by atoms with Gasteiger partial charge in [0.1, 0.15) is 11.6 Å². The standard InChI is InChI=1S/C16H19N5OS/c1-9-7-11-5-3-4-6-12(11)21(9)15(22)10(2)23-16-19-13(17)8-14(18)20-16/h3-6,8-10H,7H2,1-2H3,(H4,17,18,19,20). The van der Waals surface area contributed by atoms with Crippen molar-refractivity contribution in [3.05, 3.63) is 35.9 Å². The maximum Gasteiger partial charge on any atom is 0.240 e. The van der Waals surface area contributed by atoms with Gasteiger partial charge in [-0.25, -0.2) is 9.97 Å². The number of hydrogen-bond acceptors (Lipinski definition) is 6. The van der Waals surface area contributed by atoms with Gasteiger partial charge in [0.05, 0.1) is 5.25 Å². The number of nitrogens with two attached hydrogens (primary N) is 2. The summed E-state index contributed by atoms with van der Waals surface area (Å²) in [4.78, 5) is 23.0. The minimum Gasteiger partial charge on any atom is -0.383 e. The third-order valence-corrected chi connectivity index (χ3v) is 4.77. The maximum atomic E-state index is 12.9. The molecule has 0 fully saturated rings. The third kappa shape index (κ3) is 3.10. The van der Waals surface area contributed by atoms with E-state index >= 15 is 0 Å². The van der Waals surface area contributed by atoms with E-state index in [1.165, 1.54) is 23.4 Å². The van der Waals surface area contributed by atoms with Crippen LogP contribution in [-0.2, 0) is 11.2 Å². The van der Waals surface area contributed by atoms with Gasteiger partial charge in [-0.15, -0.1) is 0 Å². The highest BCUT2D eigenvalue weighted by Crippen LogP contribution is 2.34. The van der Waals surface area contributed by atoms with E-state index in [1.54, 1.807) is 0 Å². The highest BCUT2D eigenvalue weighted by Gasteiger charge is 2.33. The molecule has 1 aliphatic heterocycles. The van der Waals surface area contributed by atoms with Gasteiger partial charge in [-0.3, -0.25) is 4.79 Å². The van der Waals surface area contributed by atoms with E-state index < -0.39 is 0 Å². The van der Waals surface area contributed by atoms with Crippen molar-refractivity contribution in [1.82, 2.24) is 9.97 Å². The van der Waals surface area contributed by atoms with Crippen LogP contribution in [0.5, 0.6) is 0 Å². The molecule has 7 heteroatoms. The fraction of sp³-hybridized carbons (Fsp3) is 0.312. The molecule has 3 rings (SSSR count). The van der Waals surface area contributed by atoms with Crippen LogP contribution in [0, 0.1) is 0 Å². The fourth-order valence-corrected chi connectivity index (χ4v) is 3.67. The molecule has 1 aromatic heterocycles. The minimum absolute atomic E-state index is 0.0389. The Bertz CT molecular complexity index is 731. The molecule has 4 N–H and O–H groups in total. The Hall–Kier alpha value is -2.28. The lowest BCUT2D eigenvalue weighted by molar-refractivity contribution is -0.118. The monoisotopic (exact) mass is 329 g/mol. The van der Waals surface area contributed by atoms with E-state index in [2.05, 4.69) is 23.0 Å². The third-order valence-electron chi connectivity index (χ3n) is 3.82. The molecule has 1 aliphatic rings. The molecule has 1 amide bonds. The predicted molar refractivity (Wildman–Crippen MR) is 93.3 cm³/mol. The Balaban J connectivity index is 1.80. The smallest absolute Gasteiger partial charge is 0.240 e. The molecule has 2 heterocycles. The van der Waals surface area contributed by atoms with Crippen LogP contribution in [0.1, 0.15) is 19.4 Å². The molecule has 0 radical (unpaired) electrons. The summed E-state index contributed by atoms with van der Waals surface area (Å²) in [7, 11) is 0. The van der Waals surface area contributed by atoms with E-state index in [1.807, 2.05) is 30.0 Å². The minimum atomic E-state index is -0.329. The van der Waals surface area contributed by atoms with Crippen LogP contribution < -0.4 is 16.4 Å². The molecular formula is C16H19N5OS. The van der Waals surface area contributed by atoms with Crippen molar-refractivity contribution in [2.24, 2.45) is 0 Å². The van der Waals surface area contributed by atoms with Crippen LogP contribution in [0.15, 0.2) is 35.5 Å². The Morgan fingerprint density at radius 2 is 1.96 bits per heavy atom. The van der Waals surface area contributed by atoms with Crippen molar-refractivity contribution in [3.8, 4) is 0 Å². The predicted octanol–water partition coefficient (Wildman–Crippen LogP) is 2.10. The van der Waals surface area contributed by atoms with Gasteiger partial charge in [-0.05, 0) is 31.9 Å². The number of aromatic nitrogens is 2. The Kier molecular flexibility index (Phi) is 4.12. The van der Waals surface area contributed by atoms with Crippen LogP contribution in [-0.4, -0.2) is 27.2 Å². The first-order valence-corrected chi connectivity index (χ1v) is 8.31. The number of nitrogen functional groups attached to an aromatic ring is 2. The van der Waals surface area contributed by atoms with E-state index in [4.69, 9.17) is 11.5 Å². The number of carbonyl (C=O) groups excluding carboxylic acids is 1. The summed E-state index contributed by atoms with van der Waals surface area (Å²) in [6, 6.07) is 9.66. The van der Waals surface area contributed by atoms with Gasteiger partial charge in [-0.1, -0.05) is 30.0 Å². The summed E-state index contributed by atoms with van der Waals surface area (Å²) >= 11 is 1.27. The van der Waals surface area contributed by atoms with Gasteiger partial charge in [0.25, 0.3) is 0 Å². The van der Waals surface area contributed by atoms with E-state index in [-0.39, 0.29) is 17.2 Å². The summed E-state index contributed by atoms with van der Waals surface area (Å²) in [5.41, 5.74) is 13.6. The van der Waals surface area contributed by atoms with Gasteiger partial charge >= 0.3 is 0 Å². The SMILES string of the molecule is CC(Sc1nc(N)cc(N)n1)C(=O)N1c2ccccc2CC1C. The Labute approximate surface area is 139 Å². The zero-order valence-electron chi connectivity index (χ0n) is 13.1. The first kappa shape index (κ1) is 15.6. The van der Waals surface area contributed by atoms with Crippen LogP contribution in [0.2, 0.25) is 0 Å². The highest BCUT2D eigenvalue weighted by molar-refractivity contribution is 8.00. The molecule has 2 aromatic rings. The van der Waals surface area contributed by atoms with Crippen molar-refractivity contribution in [2.45, 2.75) is 36.7 Å². The van der Waals surface area contributed by atoms with Gasteiger partial charge in [-0.2, -0.15) is 0 Å². The average molecular weight is 329 g/mol. The van der Waals surface area contributed by atoms with Crippen LogP contribution in [0.3, 0.4) is 0 Å². The molecular weight excluding hydrogens is 310 g/mol. The quantitative estimate of drug-likeness (QED) is 0.661. The van der Waals surface area contributed by atoms with Crippen molar-refractivity contribution in [1.29, 1.82) is 0 Å². The number of thioether (sulfide) groups is 1. The first-order valence-electron chi connectivity index (χ1n) is 7.43. The lowest BCUT2D eigenvalue weighted by Gasteiger charge is -2.25. The van der Waals surface area contributed by atoms with E-state index in [0.717, 1.165) is 12.1 Å². The number of amides is 1. The summed E-state index contributed by atoms with van der Waals surface area (Å²) in [6.45, 7) is 3.91. The Morgan fingerprint density at radius 1 is 1.30 bits per heavy atom. The molecule has 1 aromatic carbocycles. The molecule has 120 valence electrons. The number of para-hydroxylation sites is 1. The number of fused-ring (bicyclic) bond motifs is 1. The van der Waals surface area contributed by atoms with Gasteiger partial charge in [0.2, 0.25) is 5.91 Å². The first-order chi connectivity index (χ1) is 11.0. The van der Waals surface area contributed by atoms with Gasteiger partial charge in [0, 0.05) is 17.8 Å². The summed E-state index contributed by atoms with van der Waals surface area (Å²) in [5, 5.41) is 0.0910. The zero-order chi connectivity index (χ0) is 16.6. The molecule has 0 spiro atoms. The van der Waals surface area contributed by atoms with Crippen LogP contribution in [0.4, 0.5) is 17.3 Å². The second-order valence-corrected chi connectivity index (χ2v) is 6.96. The largest absolute Gasteiger partial charge is 0.383 e. The van der Waals surface area contributed by atoms with Crippen LogP contribution >= 0.6 is 11.8 Å². The summed E-state index contributed by atoms with van der Waals surface area (Å²) in [5.74, 6) is 0.649. The van der Waals surface area contributed by atoms with Crippen LogP contribution in [0.25, 0.3) is 0 Å². The lowest BCUT2D eigenvalue weighted by atomic mass is 10.1. The van der Waals surface area contributed by atoms with E-state index in [0.29, 0.717) is 16.8 Å². The number of carbonyl (C=O) groups is 1. The summed E-state index contributed by atoms with van der Waals surface area (Å²) < 4.78 is 0. The second-order valence-electron chi connectivity index (χ2n) is 5.65. The van der Waals surface area contributed by atoms with Gasteiger partial charge < -0.3 is 16.4 Å². The molecule has 0 aliphatic carbocycles. The van der Waals surface area contributed by atoms with Crippen molar-refractivity contribution in [3.63, 3.8) is 0 Å². The number of anilines is 3. The fourth-order valence-electron chi connectivity index (χ4n) is 2.82. The lowest BCUT2D eigenvalue weighted by Crippen LogP contribution is -2.40. The number of benzene rings is 1. The van der Waals surface area contributed by atoms with E-state index in [9.17, 15) is 4.79 Å². The zero-order valence-corrected chi connectivity index (χ0v) is 13.9. The average Bonchev–Trinajstić information content (AvgIpc) is 2.81. The maximum absolute atomic E-state index is 12.9. The topological polar surface area (TPSA) is 98.1 Å². The summed E-state index contributed by atoms with van der Waals surface area (Å²) in [6.07, 6.45) is 0.876. The molecule has 2 unspecified atom stereocenters. The number of nitrogens with zero attached hydrogens (tertiary/aromatic N) is 3. The molecule has 0 saturated heterocycles. The van der Waals surface area contributed by atoms with Crippen molar-refractivity contribution >= 4 is 35.0 Å². The highest BCUT2D eigenvalue weighted by atomic mass is 32.2. The van der Waals surface area contributed by atoms with Crippen molar-refractivity contribution in [2.75, 3.05) is 16.4 Å². The molecule has 6 nitrogen and oxygen atoms in total. The molecule has 0 saturated carbocycles. The molecule has 2 atom stereocenters. The molecule has 23 heavy (non-hydrogen) atoms.